The van der Waals surface area contributed by atoms with E-state index in [0.717, 1.165) is 16.6 Å². The van der Waals surface area contributed by atoms with Gasteiger partial charge in [-0.3, -0.25) is 4.79 Å². The van der Waals surface area contributed by atoms with E-state index < -0.39 is 0 Å². The van der Waals surface area contributed by atoms with Crippen LogP contribution in [-0.2, 0) is 5.33 Å². The van der Waals surface area contributed by atoms with Crippen LogP contribution in [0.5, 0.6) is 0 Å². The summed E-state index contributed by atoms with van der Waals surface area (Å²) >= 11 is 3.37. The van der Waals surface area contributed by atoms with E-state index in [1.807, 2.05) is 24.3 Å². The number of aryl methyl sites for hydroxylation is 1. The summed E-state index contributed by atoms with van der Waals surface area (Å²) in [6.45, 7) is 1.70. The lowest BCUT2D eigenvalue weighted by molar-refractivity contribution is 0.102. The molecule has 1 N–H and O–H groups in total. The van der Waals surface area contributed by atoms with E-state index in [-0.39, 0.29) is 5.91 Å². The molecular weight excluding hydrogens is 284 g/mol. The van der Waals surface area contributed by atoms with Crippen LogP contribution in [0.2, 0.25) is 0 Å². The molecule has 88 valence electrons. The van der Waals surface area contributed by atoms with Crippen LogP contribution in [0.15, 0.2) is 35.0 Å². The first-order valence-corrected chi connectivity index (χ1v) is 6.20. The number of carbonyl (C=O) groups excluding carboxylic acids is 1. The number of amides is 1. The maximum atomic E-state index is 11.8. The van der Waals surface area contributed by atoms with Crippen molar-refractivity contribution >= 4 is 27.5 Å². The number of nitrogens with zero attached hydrogens (tertiary/aromatic N) is 1. The first kappa shape index (κ1) is 11.9. The summed E-state index contributed by atoms with van der Waals surface area (Å²) in [4.78, 5) is 11.8. The number of nitrogens with one attached hydrogen (secondary N) is 1. The van der Waals surface area contributed by atoms with Gasteiger partial charge in [0, 0.05) is 11.0 Å². The molecular formula is C12H11BrN2O2. The van der Waals surface area contributed by atoms with E-state index in [9.17, 15) is 4.79 Å². The monoisotopic (exact) mass is 294 g/mol. The van der Waals surface area contributed by atoms with Gasteiger partial charge in [-0.2, -0.15) is 0 Å². The van der Waals surface area contributed by atoms with Crippen LogP contribution in [0.1, 0.15) is 21.7 Å². The van der Waals surface area contributed by atoms with Gasteiger partial charge in [-0.15, -0.1) is 0 Å². The number of aromatic nitrogens is 1. The van der Waals surface area contributed by atoms with Gasteiger partial charge in [-0.1, -0.05) is 33.2 Å². The van der Waals surface area contributed by atoms with Gasteiger partial charge < -0.3 is 9.84 Å². The van der Waals surface area contributed by atoms with Crippen molar-refractivity contribution < 1.29 is 9.32 Å². The van der Waals surface area contributed by atoms with E-state index in [1.165, 1.54) is 6.20 Å². The van der Waals surface area contributed by atoms with Crippen molar-refractivity contribution in [3.8, 4) is 0 Å². The predicted octanol–water partition coefficient (Wildman–Crippen LogP) is 3.13. The molecule has 1 aromatic heterocycles. The highest BCUT2D eigenvalue weighted by Crippen LogP contribution is 2.14. The van der Waals surface area contributed by atoms with Crippen LogP contribution in [0.4, 0.5) is 5.69 Å². The van der Waals surface area contributed by atoms with Crippen LogP contribution in [0.25, 0.3) is 0 Å². The molecule has 0 radical (unpaired) electrons. The minimum atomic E-state index is -0.213. The highest BCUT2D eigenvalue weighted by Gasteiger charge is 2.12. The molecule has 0 atom stereocenters. The molecule has 1 aromatic carbocycles. The summed E-state index contributed by atoms with van der Waals surface area (Å²) in [5.74, 6) is 0.301. The molecule has 17 heavy (non-hydrogen) atoms. The second-order valence-electron chi connectivity index (χ2n) is 3.58. The molecule has 4 nitrogen and oxygen atoms in total. The molecule has 0 saturated heterocycles. The number of benzene rings is 1. The Balaban J connectivity index is 2.10. The number of alkyl halides is 1. The molecule has 0 bridgehead atoms. The highest BCUT2D eigenvalue weighted by molar-refractivity contribution is 9.08. The zero-order valence-electron chi connectivity index (χ0n) is 9.24. The van der Waals surface area contributed by atoms with Gasteiger partial charge in [0.25, 0.3) is 5.91 Å². The Kier molecular flexibility index (Phi) is 3.58. The van der Waals surface area contributed by atoms with Crippen molar-refractivity contribution in [2.75, 3.05) is 5.32 Å². The minimum Gasteiger partial charge on any atom is -0.361 e. The molecule has 0 aliphatic carbocycles. The summed E-state index contributed by atoms with van der Waals surface area (Å²) < 4.78 is 4.84. The zero-order chi connectivity index (χ0) is 12.3. The molecule has 0 aliphatic rings. The van der Waals surface area contributed by atoms with E-state index in [1.54, 1.807) is 6.92 Å². The van der Waals surface area contributed by atoms with Crippen molar-refractivity contribution in [3.05, 3.63) is 47.3 Å². The maximum absolute atomic E-state index is 11.8. The summed E-state index contributed by atoms with van der Waals surface area (Å²) in [7, 11) is 0. The molecule has 1 heterocycles. The first-order chi connectivity index (χ1) is 8.20. The topological polar surface area (TPSA) is 55.1 Å². The molecule has 0 aliphatic heterocycles. The van der Waals surface area contributed by atoms with Crippen LogP contribution < -0.4 is 5.32 Å². The third kappa shape index (κ3) is 2.74. The van der Waals surface area contributed by atoms with E-state index in [0.29, 0.717) is 11.3 Å². The third-order valence-corrected chi connectivity index (χ3v) is 3.01. The fourth-order valence-electron chi connectivity index (χ4n) is 1.39. The SMILES string of the molecule is Cc1oncc1C(=O)Nc1ccc(CBr)cc1. The van der Waals surface area contributed by atoms with Crippen LogP contribution in [-0.4, -0.2) is 11.1 Å². The molecule has 0 saturated carbocycles. The Hall–Kier alpha value is -1.62. The smallest absolute Gasteiger partial charge is 0.260 e. The number of hydrogen-bond donors (Lipinski definition) is 1. The summed E-state index contributed by atoms with van der Waals surface area (Å²) in [5.41, 5.74) is 2.36. The standard InChI is InChI=1S/C12H11BrN2O2/c1-8-11(7-14-17-8)12(16)15-10-4-2-9(6-13)3-5-10/h2-5,7H,6H2,1H3,(H,15,16). The van der Waals surface area contributed by atoms with Crippen LogP contribution >= 0.6 is 15.9 Å². The Morgan fingerprint density at radius 3 is 2.65 bits per heavy atom. The van der Waals surface area contributed by atoms with Gasteiger partial charge in [-0.05, 0) is 24.6 Å². The molecule has 2 aromatic rings. The fraction of sp³-hybridized carbons (Fsp3) is 0.167. The largest absolute Gasteiger partial charge is 0.361 e. The number of rotatable bonds is 3. The first-order valence-electron chi connectivity index (χ1n) is 5.08. The Labute approximate surface area is 107 Å². The Morgan fingerprint density at radius 2 is 2.12 bits per heavy atom. The van der Waals surface area contributed by atoms with E-state index in [2.05, 4.69) is 26.4 Å². The van der Waals surface area contributed by atoms with Gasteiger partial charge in [0.2, 0.25) is 0 Å². The summed E-state index contributed by atoms with van der Waals surface area (Å²) in [5, 5.41) is 7.15. The Morgan fingerprint density at radius 1 is 1.41 bits per heavy atom. The molecule has 5 heteroatoms. The van der Waals surface area contributed by atoms with Gasteiger partial charge >= 0.3 is 0 Å². The zero-order valence-corrected chi connectivity index (χ0v) is 10.8. The minimum absolute atomic E-state index is 0.213. The van der Waals surface area contributed by atoms with E-state index >= 15 is 0 Å². The van der Waals surface area contributed by atoms with Gasteiger partial charge in [0.15, 0.2) is 0 Å². The van der Waals surface area contributed by atoms with E-state index in [4.69, 9.17) is 4.52 Å². The number of hydrogen-bond acceptors (Lipinski definition) is 3. The normalized spacial score (nSPS) is 10.2. The van der Waals surface area contributed by atoms with Gasteiger partial charge in [0.05, 0.1) is 6.20 Å². The van der Waals surface area contributed by atoms with Crippen molar-refractivity contribution in [2.24, 2.45) is 0 Å². The molecule has 0 unspecified atom stereocenters. The van der Waals surface area contributed by atoms with Gasteiger partial charge in [0.1, 0.15) is 11.3 Å². The quantitative estimate of drug-likeness (QED) is 0.885. The summed E-state index contributed by atoms with van der Waals surface area (Å²) in [6, 6.07) is 7.62. The van der Waals surface area contributed by atoms with Crippen molar-refractivity contribution in [1.29, 1.82) is 0 Å². The molecule has 2 rings (SSSR count). The fourth-order valence-corrected chi connectivity index (χ4v) is 1.77. The lowest BCUT2D eigenvalue weighted by Crippen LogP contribution is -2.12. The van der Waals surface area contributed by atoms with Crippen LogP contribution in [0, 0.1) is 6.92 Å². The van der Waals surface area contributed by atoms with Gasteiger partial charge in [-0.25, -0.2) is 0 Å². The van der Waals surface area contributed by atoms with Crippen molar-refractivity contribution in [2.45, 2.75) is 12.3 Å². The van der Waals surface area contributed by atoms with Crippen LogP contribution in [0.3, 0.4) is 0 Å². The third-order valence-electron chi connectivity index (χ3n) is 2.36. The summed E-state index contributed by atoms with van der Waals surface area (Å²) in [6.07, 6.45) is 1.41. The second kappa shape index (κ2) is 5.14. The number of halogens is 1. The molecule has 1 amide bonds. The maximum Gasteiger partial charge on any atom is 0.260 e. The average Bonchev–Trinajstić information content (AvgIpc) is 2.76. The molecule has 0 spiro atoms. The number of carbonyl (C=O) groups is 1. The lowest BCUT2D eigenvalue weighted by atomic mass is 10.2. The predicted molar refractivity (Wildman–Crippen MR) is 68.3 cm³/mol. The highest BCUT2D eigenvalue weighted by atomic mass is 79.9. The number of anilines is 1. The molecule has 0 fully saturated rings. The average molecular weight is 295 g/mol. The Bertz CT molecular complexity index is 520. The van der Waals surface area contributed by atoms with Crippen molar-refractivity contribution in [1.82, 2.24) is 5.16 Å². The second-order valence-corrected chi connectivity index (χ2v) is 4.14. The lowest BCUT2D eigenvalue weighted by Gasteiger charge is -2.04. The van der Waals surface area contributed by atoms with Crippen molar-refractivity contribution in [3.63, 3.8) is 0 Å².